The van der Waals surface area contributed by atoms with Crippen LogP contribution in [0.1, 0.15) is 41.4 Å². The number of carboxylic acids is 1. The Labute approximate surface area is 152 Å². The fourth-order valence-corrected chi connectivity index (χ4v) is 2.67. The van der Waals surface area contributed by atoms with Crippen LogP contribution < -0.4 is 10.1 Å². The highest BCUT2D eigenvalue weighted by atomic mass is 16.5. The predicted molar refractivity (Wildman–Crippen MR) is 96.3 cm³/mol. The van der Waals surface area contributed by atoms with Crippen molar-refractivity contribution in [3.63, 3.8) is 0 Å². The summed E-state index contributed by atoms with van der Waals surface area (Å²) < 4.78 is 5.27. The van der Waals surface area contributed by atoms with Gasteiger partial charge in [-0.1, -0.05) is 32.0 Å². The highest BCUT2D eigenvalue weighted by Crippen LogP contribution is 2.21. The summed E-state index contributed by atoms with van der Waals surface area (Å²) in [4.78, 5) is 32.1. The van der Waals surface area contributed by atoms with E-state index in [-0.39, 0.29) is 24.8 Å². The fraction of sp³-hybridized carbons (Fsp3) is 0.368. The molecule has 0 saturated carbocycles. The SMILES string of the molecule is COc1ccccc1CC(CNC(=O)c1cncnc1C(C)C)C(=O)O. The third-order valence-corrected chi connectivity index (χ3v) is 4.05. The van der Waals surface area contributed by atoms with E-state index in [0.717, 1.165) is 5.56 Å². The number of amides is 1. The summed E-state index contributed by atoms with van der Waals surface area (Å²) in [6.07, 6.45) is 3.10. The number of rotatable bonds is 8. The van der Waals surface area contributed by atoms with Crippen molar-refractivity contribution < 1.29 is 19.4 Å². The Morgan fingerprint density at radius 1 is 1.27 bits per heavy atom. The number of nitrogens with one attached hydrogen (secondary N) is 1. The van der Waals surface area contributed by atoms with E-state index in [9.17, 15) is 14.7 Å². The molecule has 7 heteroatoms. The van der Waals surface area contributed by atoms with Crippen molar-refractivity contribution in [2.75, 3.05) is 13.7 Å². The van der Waals surface area contributed by atoms with Gasteiger partial charge in [0.25, 0.3) is 5.91 Å². The van der Waals surface area contributed by atoms with Gasteiger partial charge in [-0.15, -0.1) is 0 Å². The third-order valence-electron chi connectivity index (χ3n) is 4.05. The van der Waals surface area contributed by atoms with Crippen molar-refractivity contribution in [2.45, 2.75) is 26.2 Å². The van der Waals surface area contributed by atoms with Gasteiger partial charge in [0.15, 0.2) is 0 Å². The van der Waals surface area contributed by atoms with Gasteiger partial charge in [-0.3, -0.25) is 9.59 Å². The van der Waals surface area contributed by atoms with E-state index in [1.54, 1.807) is 13.2 Å². The number of carbonyl (C=O) groups excluding carboxylic acids is 1. The Morgan fingerprint density at radius 2 is 2.00 bits per heavy atom. The van der Waals surface area contributed by atoms with Gasteiger partial charge in [-0.25, -0.2) is 9.97 Å². The summed E-state index contributed by atoms with van der Waals surface area (Å²) >= 11 is 0. The molecule has 2 rings (SSSR count). The normalized spacial score (nSPS) is 11.8. The Kier molecular flexibility index (Phi) is 6.66. The van der Waals surface area contributed by atoms with E-state index in [0.29, 0.717) is 17.0 Å². The van der Waals surface area contributed by atoms with Crippen molar-refractivity contribution in [3.8, 4) is 5.75 Å². The molecule has 0 fully saturated rings. The number of benzene rings is 1. The maximum absolute atomic E-state index is 12.5. The summed E-state index contributed by atoms with van der Waals surface area (Å²) in [7, 11) is 1.54. The van der Waals surface area contributed by atoms with Crippen LogP contribution in [0.4, 0.5) is 0 Å². The molecule has 0 aliphatic carbocycles. The number of aromatic nitrogens is 2. The molecule has 26 heavy (non-hydrogen) atoms. The zero-order valence-corrected chi connectivity index (χ0v) is 15.1. The molecular formula is C19H23N3O4. The van der Waals surface area contributed by atoms with Gasteiger partial charge in [0, 0.05) is 12.7 Å². The fourth-order valence-electron chi connectivity index (χ4n) is 2.67. The lowest BCUT2D eigenvalue weighted by Gasteiger charge is -2.16. The molecule has 1 atom stereocenters. The average Bonchev–Trinajstić information content (AvgIpc) is 2.64. The maximum Gasteiger partial charge on any atom is 0.308 e. The van der Waals surface area contributed by atoms with Crippen LogP contribution in [0.15, 0.2) is 36.8 Å². The zero-order chi connectivity index (χ0) is 19.1. The van der Waals surface area contributed by atoms with Gasteiger partial charge in [-0.05, 0) is 24.0 Å². The number of para-hydroxylation sites is 1. The van der Waals surface area contributed by atoms with E-state index in [4.69, 9.17) is 4.74 Å². The molecule has 2 N–H and O–H groups in total. The second-order valence-corrected chi connectivity index (χ2v) is 6.24. The summed E-state index contributed by atoms with van der Waals surface area (Å²) in [6.45, 7) is 3.86. The Morgan fingerprint density at radius 3 is 2.65 bits per heavy atom. The smallest absolute Gasteiger partial charge is 0.308 e. The van der Waals surface area contributed by atoms with Crippen LogP contribution >= 0.6 is 0 Å². The van der Waals surface area contributed by atoms with E-state index in [2.05, 4.69) is 15.3 Å². The third kappa shape index (κ3) is 4.78. The summed E-state index contributed by atoms with van der Waals surface area (Å²) in [5, 5.41) is 12.2. The molecule has 138 valence electrons. The minimum atomic E-state index is -0.982. The molecule has 2 aromatic rings. The van der Waals surface area contributed by atoms with Crippen LogP contribution in [0.2, 0.25) is 0 Å². The van der Waals surface area contributed by atoms with E-state index < -0.39 is 11.9 Å². The second-order valence-electron chi connectivity index (χ2n) is 6.24. The summed E-state index contributed by atoms with van der Waals surface area (Å²) in [5.41, 5.74) is 1.78. The van der Waals surface area contributed by atoms with Crippen LogP contribution in [0.3, 0.4) is 0 Å². The summed E-state index contributed by atoms with van der Waals surface area (Å²) in [6, 6.07) is 7.25. The van der Waals surface area contributed by atoms with Gasteiger partial charge in [0.2, 0.25) is 0 Å². The predicted octanol–water partition coefficient (Wildman–Crippen LogP) is 2.28. The van der Waals surface area contributed by atoms with Crippen LogP contribution in [-0.4, -0.2) is 40.6 Å². The minimum Gasteiger partial charge on any atom is -0.496 e. The molecule has 1 amide bonds. The molecule has 1 unspecified atom stereocenters. The molecule has 7 nitrogen and oxygen atoms in total. The Bertz CT molecular complexity index is 777. The summed E-state index contributed by atoms with van der Waals surface area (Å²) in [5.74, 6) is -1.45. The molecule has 0 saturated heterocycles. The Hall–Kier alpha value is -2.96. The van der Waals surface area contributed by atoms with E-state index in [1.807, 2.05) is 32.0 Å². The van der Waals surface area contributed by atoms with Crippen LogP contribution in [0.5, 0.6) is 5.75 Å². The van der Waals surface area contributed by atoms with E-state index in [1.165, 1.54) is 12.5 Å². The first-order valence-electron chi connectivity index (χ1n) is 8.36. The van der Waals surface area contributed by atoms with Gasteiger partial charge in [-0.2, -0.15) is 0 Å². The zero-order valence-electron chi connectivity index (χ0n) is 15.1. The second kappa shape index (κ2) is 8.94. The number of hydrogen-bond acceptors (Lipinski definition) is 5. The molecule has 1 aromatic carbocycles. The number of carbonyl (C=O) groups is 2. The first-order valence-corrected chi connectivity index (χ1v) is 8.36. The quantitative estimate of drug-likeness (QED) is 0.751. The highest BCUT2D eigenvalue weighted by molar-refractivity contribution is 5.95. The van der Waals surface area contributed by atoms with Crippen molar-refractivity contribution in [1.29, 1.82) is 0 Å². The van der Waals surface area contributed by atoms with Crippen molar-refractivity contribution in [3.05, 3.63) is 53.6 Å². The number of carboxylic acid groups (broad SMARTS) is 1. The molecule has 0 aliphatic rings. The lowest BCUT2D eigenvalue weighted by Crippen LogP contribution is -2.34. The molecule has 1 aromatic heterocycles. The largest absolute Gasteiger partial charge is 0.496 e. The maximum atomic E-state index is 12.5. The molecular weight excluding hydrogens is 334 g/mol. The van der Waals surface area contributed by atoms with Crippen molar-refractivity contribution in [1.82, 2.24) is 15.3 Å². The number of nitrogens with zero attached hydrogens (tertiary/aromatic N) is 2. The van der Waals surface area contributed by atoms with Gasteiger partial charge in [0.05, 0.1) is 24.3 Å². The number of methoxy groups -OCH3 is 1. The van der Waals surface area contributed by atoms with E-state index >= 15 is 0 Å². The van der Waals surface area contributed by atoms with Crippen molar-refractivity contribution in [2.24, 2.45) is 5.92 Å². The lowest BCUT2D eigenvalue weighted by atomic mass is 9.98. The number of hydrogen-bond donors (Lipinski definition) is 2. The van der Waals surface area contributed by atoms with Crippen molar-refractivity contribution >= 4 is 11.9 Å². The molecule has 1 heterocycles. The number of ether oxygens (including phenoxy) is 1. The Balaban J connectivity index is 2.09. The molecule has 0 spiro atoms. The first kappa shape index (κ1) is 19.4. The first-order chi connectivity index (χ1) is 12.4. The minimum absolute atomic E-state index is 0.00134. The van der Waals surface area contributed by atoms with Crippen LogP contribution in [0.25, 0.3) is 0 Å². The standard InChI is InChI=1S/C19H23N3O4/c1-12(2)17-15(10-20-11-22-17)18(23)21-9-14(19(24)25)8-13-6-4-5-7-16(13)26-3/h4-7,10-12,14H,8-9H2,1-3H3,(H,21,23)(H,24,25). The van der Waals surface area contributed by atoms with Gasteiger partial charge in [0.1, 0.15) is 12.1 Å². The average molecular weight is 357 g/mol. The van der Waals surface area contributed by atoms with Gasteiger partial charge >= 0.3 is 5.97 Å². The van der Waals surface area contributed by atoms with Crippen LogP contribution in [-0.2, 0) is 11.2 Å². The lowest BCUT2D eigenvalue weighted by molar-refractivity contribution is -0.141. The number of aliphatic carboxylic acids is 1. The molecule has 0 aliphatic heterocycles. The van der Waals surface area contributed by atoms with Crippen LogP contribution in [0, 0.1) is 5.92 Å². The molecule has 0 bridgehead atoms. The molecule has 0 radical (unpaired) electrons. The monoisotopic (exact) mass is 357 g/mol. The van der Waals surface area contributed by atoms with Gasteiger partial charge < -0.3 is 15.2 Å². The highest BCUT2D eigenvalue weighted by Gasteiger charge is 2.22. The topological polar surface area (TPSA) is 101 Å².